The van der Waals surface area contributed by atoms with Gasteiger partial charge in [-0.2, -0.15) is 0 Å². The molecule has 4 rings (SSSR count). The van der Waals surface area contributed by atoms with Crippen LogP contribution in [-0.4, -0.2) is 10.6 Å². The molecule has 0 radical (unpaired) electrons. The highest BCUT2D eigenvalue weighted by atomic mass is 32.1. The summed E-state index contributed by atoms with van der Waals surface area (Å²) >= 11 is 1.62. The standard InChI is InChI=1S/C19H15N3OS/c23-19(21-17-13-24-18-9-2-1-8-16(17)18)20-14-6-5-7-15(12-14)22-10-3-4-11-22/h1-13H,(H2,20,21,23). The van der Waals surface area contributed by atoms with Gasteiger partial charge in [-0.25, -0.2) is 4.79 Å². The number of rotatable bonds is 3. The summed E-state index contributed by atoms with van der Waals surface area (Å²) in [5.74, 6) is 0. The van der Waals surface area contributed by atoms with Crippen molar-refractivity contribution in [1.82, 2.24) is 4.57 Å². The predicted octanol–water partition coefficient (Wildman–Crippen LogP) is 5.34. The highest BCUT2D eigenvalue weighted by Gasteiger charge is 2.08. The van der Waals surface area contributed by atoms with Gasteiger partial charge < -0.3 is 15.2 Å². The lowest BCUT2D eigenvalue weighted by atomic mass is 10.2. The molecule has 2 aromatic carbocycles. The predicted molar refractivity (Wildman–Crippen MR) is 100 cm³/mol. The number of fused-ring (bicyclic) bond motifs is 1. The number of benzene rings is 2. The van der Waals surface area contributed by atoms with Gasteiger partial charge in [0.15, 0.2) is 0 Å². The zero-order chi connectivity index (χ0) is 16.4. The third-order valence-electron chi connectivity index (χ3n) is 3.74. The maximum atomic E-state index is 12.3. The number of nitrogens with one attached hydrogen (secondary N) is 2. The molecule has 0 fully saturated rings. The van der Waals surface area contributed by atoms with Crippen LogP contribution in [0.1, 0.15) is 0 Å². The number of amides is 2. The Morgan fingerprint density at radius 1 is 0.917 bits per heavy atom. The lowest BCUT2D eigenvalue weighted by molar-refractivity contribution is 0.262. The fourth-order valence-electron chi connectivity index (χ4n) is 2.61. The first kappa shape index (κ1) is 14.5. The summed E-state index contributed by atoms with van der Waals surface area (Å²) in [4.78, 5) is 12.3. The number of hydrogen-bond acceptors (Lipinski definition) is 2. The van der Waals surface area contributed by atoms with E-state index < -0.39 is 0 Å². The van der Waals surface area contributed by atoms with Crippen molar-refractivity contribution in [3.8, 4) is 5.69 Å². The van der Waals surface area contributed by atoms with Crippen LogP contribution in [0.2, 0.25) is 0 Å². The molecule has 2 amide bonds. The van der Waals surface area contributed by atoms with Crippen LogP contribution in [0.3, 0.4) is 0 Å². The van der Waals surface area contributed by atoms with Gasteiger partial charge in [0.05, 0.1) is 5.69 Å². The van der Waals surface area contributed by atoms with Crippen molar-refractivity contribution in [2.75, 3.05) is 10.6 Å². The summed E-state index contributed by atoms with van der Waals surface area (Å²) < 4.78 is 3.15. The molecule has 0 aliphatic rings. The Kier molecular flexibility index (Phi) is 3.76. The Bertz CT molecular complexity index is 989. The number of carbonyl (C=O) groups is 1. The van der Waals surface area contributed by atoms with E-state index in [1.165, 1.54) is 0 Å². The first-order valence-electron chi connectivity index (χ1n) is 7.57. The summed E-state index contributed by atoms with van der Waals surface area (Å²) in [7, 11) is 0. The van der Waals surface area contributed by atoms with Crippen LogP contribution in [0.15, 0.2) is 78.4 Å². The molecule has 0 atom stereocenters. The van der Waals surface area contributed by atoms with Gasteiger partial charge in [0.2, 0.25) is 0 Å². The van der Waals surface area contributed by atoms with Crippen LogP contribution in [0.4, 0.5) is 16.2 Å². The molecule has 24 heavy (non-hydrogen) atoms. The molecular weight excluding hydrogens is 318 g/mol. The molecule has 0 saturated heterocycles. The maximum Gasteiger partial charge on any atom is 0.323 e. The fourth-order valence-corrected chi connectivity index (χ4v) is 3.50. The Hall–Kier alpha value is -3.05. The van der Waals surface area contributed by atoms with E-state index in [0.717, 1.165) is 27.1 Å². The molecule has 0 unspecified atom stereocenters. The largest absolute Gasteiger partial charge is 0.324 e. The third-order valence-corrected chi connectivity index (χ3v) is 4.70. The summed E-state index contributed by atoms with van der Waals surface area (Å²) in [6.45, 7) is 0. The van der Waals surface area contributed by atoms with E-state index in [1.54, 1.807) is 11.3 Å². The van der Waals surface area contributed by atoms with E-state index in [0.29, 0.717) is 0 Å². The molecule has 5 heteroatoms. The number of hydrogen-bond donors (Lipinski definition) is 2. The maximum absolute atomic E-state index is 12.3. The van der Waals surface area contributed by atoms with E-state index in [4.69, 9.17) is 0 Å². The average Bonchev–Trinajstić information content (AvgIpc) is 3.26. The molecule has 118 valence electrons. The third kappa shape index (κ3) is 2.89. The first-order chi connectivity index (χ1) is 11.8. The monoisotopic (exact) mass is 333 g/mol. The SMILES string of the molecule is O=C(Nc1cccc(-n2cccc2)c1)Nc1csc2ccccc12. The van der Waals surface area contributed by atoms with Crippen molar-refractivity contribution in [2.45, 2.75) is 0 Å². The van der Waals surface area contributed by atoms with Crippen LogP contribution >= 0.6 is 11.3 Å². The van der Waals surface area contributed by atoms with Gasteiger partial charge in [-0.05, 0) is 36.4 Å². The van der Waals surface area contributed by atoms with Crippen molar-refractivity contribution in [3.05, 3.63) is 78.4 Å². The lowest BCUT2D eigenvalue weighted by Crippen LogP contribution is -2.19. The number of thiophene rings is 1. The molecule has 2 N–H and O–H groups in total. The highest BCUT2D eigenvalue weighted by Crippen LogP contribution is 2.29. The van der Waals surface area contributed by atoms with Crippen molar-refractivity contribution < 1.29 is 4.79 Å². The number of nitrogens with zero attached hydrogens (tertiary/aromatic N) is 1. The number of anilines is 2. The van der Waals surface area contributed by atoms with Gasteiger partial charge in [-0.15, -0.1) is 11.3 Å². The average molecular weight is 333 g/mol. The van der Waals surface area contributed by atoms with Crippen LogP contribution in [0.25, 0.3) is 15.8 Å². The molecule has 0 saturated carbocycles. The minimum absolute atomic E-state index is 0.247. The van der Waals surface area contributed by atoms with Crippen LogP contribution in [-0.2, 0) is 0 Å². The summed E-state index contributed by atoms with van der Waals surface area (Å²) in [5, 5.41) is 8.82. The second-order valence-electron chi connectivity index (χ2n) is 5.37. The molecule has 4 nitrogen and oxygen atoms in total. The summed E-state index contributed by atoms with van der Waals surface area (Å²) in [5.41, 5.74) is 2.58. The second kappa shape index (κ2) is 6.22. The Labute approximate surface area is 143 Å². The van der Waals surface area contributed by atoms with Crippen LogP contribution < -0.4 is 10.6 Å². The Morgan fingerprint density at radius 2 is 1.75 bits per heavy atom. The summed E-state index contributed by atoms with van der Waals surface area (Å²) in [6, 6.07) is 19.4. The molecular formula is C19H15N3OS. The van der Waals surface area contributed by atoms with E-state index >= 15 is 0 Å². The van der Waals surface area contributed by atoms with E-state index in [1.807, 2.05) is 83.0 Å². The van der Waals surface area contributed by atoms with E-state index in [-0.39, 0.29) is 6.03 Å². The molecule has 0 bridgehead atoms. The quantitative estimate of drug-likeness (QED) is 0.522. The molecule has 2 aromatic heterocycles. The minimum Gasteiger partial charge on any atom is -0.324 e. The molecule has 0 spiro atoms. The van der Waals surface area contributed by atoms with Gasteiger partial charge in [0, 0.05) is 39.2 Å². The second-order valence-corrected chi connectivity index (χ2v) is 6.28. The van der Waals surface area contributed by atoms with Gasteiger partial charge in [-0.1, -0.05) is 24.3 Å². The molecule has 2 heterocycles. The van der Waals surface area contributed by atoms with Crippen molar-refractivity contribution in [2.24, 2.45) is 0 Å². The normalized spacial score (nSPS) is 10.7. The molecule has 4 aromatic rings. The molecule has 0 aliphatic heterocycles. The first-order valence-corrected chi connectivity index (χ1v) is 8.45. The van der Waals surface area contributed by atoms with Crippen LogP contribution in [0, 0.1) is 0 Å². The van der Waals surface area contributed by atoms with Crippen LogP contribution in [0.5, 0.6) is 0 Å². The summed E-state index contributed by atoms with van der Waals surface area (Å²) in [6.07, 6.45) is 3.94. The van der Waals surface area contributed by atoms with Crippen molar-refractivity contribution >= 4 is 38.8 Å². The smallest absolute Gasteiger partial charge is 0.323 e. The Balaban J connectivity index is 1.51. The van der Waals surface area contributed by atoms with Crippen molar-refractivity contribution in [1.29, 1.82) is 0 Å². The number of carbonyl (C=O) groups excluding carboxylic acids is 1. The topological polar surface area (TPSA) is 46.1 Å². The fraction of sp³-hybridized carbons (Fsp3) is 0. The van der Waals surface area contributed by atoms with E-state index in [9.17, 15) is 4.79 Å². The van der Waals surface area contributed by atoms with Gasteiger partial charge in [-0.3, -0.25) is 0 Å². The van der Waals surface area contributed by atoms with Gasteiger partial charge in [0.25, 0.3) is 0 Å². The number of aromatic nitrogens is 1. The molecule has 0 aliphatic carbocycles. The van der Waals surface area contributed by atoms with E-state index in [2.05, 4.69) is 10.6 Å². The lowest BCUT2D eigenvalue weighted by Gasteiger charge is -2.09. The highest BCUT2D eigenvalue weighted by molar-refractivity contribution is 7.17. The Morgan fingerprint density at radius 3 is 2.62 bits per heavy atom. The van der Waals surface area contributed by atoms with Crippen molar-refractivity contribution in [3.63, 3.8) is 0 Å². The van der Waals surface area contributed by atoms with Gasteiger partial charge >= 0.3 is 6.03 Å². The zero-order valence-corrected chi connectivity index (χ0v) is 13.6. The minimum atomic E-state index is -0.247. The zero-order valence-electron chi connectivity index (χ0n) is 12.8. The van der Waals surface area contributed by atoms with Gasteiger partial charge in [0.1, 0.15) is 0 Å². The number of urea groups is 1.